The predicted octanol–water partition coefficient (Wildman–Crippen LogP) is 5.62. The van der Waals surface area contributed by atoms with Gasteiger partial charge in [0.1, 0.15) is 0 Å². The van der Waals surface area contributed by atoms with Crippen molar-refractivity contribution in [2.75, 3.05) is 18.5 Å². The molecule has 0 spiro atoms. The van der Waals surface area contributed by atoms with Gasteiger partial charge in [0.25, 0.3) is 0 Å². The van der Waals surface area contributed by atoms with Crippen LogP contribution < -0.4 is 5.32 Å². The molecule has 3 aromatic rings. The minimum Gasteiger partial charge on any atom is -0.381 e. The summed E-state index contributed by atoms with van der Waals surface area (Å²) in [5, 5.41) is 2.83. The molecule has 0 radical (unpaired) electrons. The molecule has 33 heavy (non-hydrogen) atoms. The van der Waals surface area contributed by atoms with Crippen molar-refractivity contribution in [3.05, 3.63) is 101 Å². The number of ether oxygens (including phenoxy) is 1. The molecule has 170 valence electrons. The molecule has 0 atom stereocenters. The molecule has 1 N–H and O–H groups in total. The van der Waals surface area contributed by atoms with E-state index in [0.29, 0.717) is 22.4 Å². The van der Waals surface area contributed by atoms with E-state index in [1.165, 1.54) is 6.07 Å². The number of alkyl halides is 3. The summed E-state index contributed by atoms with van der Waals surface area (Å²) in [6, 6.07) is 20.2. The molecule has 1 aliphatic rings. The number of carbonyl (C=O) groups excluding carboxylic acids is 2. The molecule has 0 unspecified atom stereocenters. The molecule has 1 aliphatic heterocycles. The number of anilines is 1. The van der Waals surface area contributed by atoms with Crippen LogP contribution in [0.2, 0.25) is 0 Å². The Morgan fingerprint density at radius 2 is 1.48 bits per heavy atom. The van der Waals surface area contributed by atoms with Crippen LogP contribution in [0.3, 0.4) is 0 Å². The van der Waals surface area contributed by atoms with Gasteiger partial charge in [0.05, 0.1) is 11.0 Å². The van der Waals surface area contributed by atoms with Crippen LogP contribution in [0, 0.1) is 0 Å². The molecule has 1 fully saturated rings. The second kappa shape index (κ2) is 9.19. The summed E-state index contributed by atoms with van der Waals surface area (Å²) in [4.78, 5) is 26.2. The maximum atomic E-state index is 13.5. The second-order valence-electron chi connectivity index (χ2n) is 8.00. The third kappa shape index (κ3) is 4.83. The molecule has 4 nitrogen and oxygen atoms in total. The number of amides is 1. The SMILES string of the molecule is O=C(c1ccccc1)c1cccc(NC(=O)C2(c3cccc(C(F)(F)F)c3)CCOCC2)c1. The molecule has 0 aromatic heterocycles. The minimum atomic E-state index is -4.51. The van der Waals surface area contributed by atoms with Crippen LogP contribution in [-0.2, 0) is 21.1 Å². The van der Waals surface area contributed by atoms with Gasteiger partial charge in [-0.15, -0.1) is 0 Å². The van der Waals surface area contributed by atoms with Crippen molar-refractivity contribution in [3.8, 4) is 0 Å². The number of nitrogens with one attached hydrogen (secondary N) is 1. The van der Waals surface area contributed by atoms with Gasteiger partial charge in [0, 0.05) is 30.0 Å². The van der Waals surface area contributed by atoms with Gasteiger partial charge in [-0.2, -0.15) is 13.2 Å². The largest absolute Gasteiger partial charge is 0.416 e. The first-order valence-electron chi connectivity index (χ1n) is 10.6. The van der Waals surface area contributed by atoms with Crippen LogP contribution in [0.4, 0.5) is 18.9 Å². The lowest BCUT2D eigenvalue weighted by Gasteiger charge is -2.36. The third-order valence-electron chi connectivity index (χ3n) is 5.94. The van der Waals surface area contributed by atoms with Gasteiger partial charge < -0.3 is 10.1 Å². The van der Waals surface area contributed by atoms with Crippen LogP contribution in [0.1, 0.15) is 39.9 Å². The van der Waals surface area contributed by atoms with Gasteiger partial charge in [0.15, 0.2) is 5.78 Å². The topological polar surface area (TPSA) is 55.4 Å². The van der Waals surface area contributed by atoms with Crippen molar-refractivity contribution in [1.82, 2.24) is 0 Å². The number of hydrogen-bond acceptors (Lipinski definition) is 3. The smallest absolute Gasteiger partial charge is 0.381 e. The number of carbonyl (C=O) groups is 2. The Balaban J connectivity index is 1.64. The van der Waals surface area contributed by atoms with Gasteiger partial charge >= 0.3 is 6.18 Å². The Labute approximate surface area is 189 Å². The molecule has 3 aromatic carbocycles. The summed E-state index contributed by atoms with van der Waals surface area (Å²) in [5.74, 6) is -0.611. The van der Waals surface area contributed by atoms with Gasteiger partial charge in [-0.3, -0.25) is 9.59 Å². The van der Waals surface area contributed by atoms with E-state index in [2.05, 4.69) is 5.32 Å². The van der Waals surface area contributed by atoms with E-state index in [1.807, 2.05) is 6.07 Å². The lowest BCUT2D eigenvalue weighted by molar-refractivity contribution is -0.138. The highest BCUT2D eigenvalue weighted by Crippen LogP contribution is 2.39. The van der Waals surface area contributed by atoms with E-state index in [-0.39, 0.29) is 31.8 Å². The minimum absolute atomic E-state index is 0.189. The molecular weight excluding hydrogens is 431 g/mol. The van der Waals surface area contributed by atoms with Crippen LogP contribution in [0.15, 0.2) is 78.9 Å². The quantitative estimate of drug-likeness (QED) is 0.510. The summed E-state index contributed by atoms with van der Waals surface area (Å²) in [7, 11) is 0. The van der Waals surface area contributed by atoms with E-state index in [1.54, 1.807) is 54.6 Å². The Morgan fingerprint density at radius 1 is 0.818 bits per heavy atom. The highest BCUT2D eigenvalue weighted by atomic mass is 19.4. The fourth-order valence-electron chi connectivity index (χ4n) is 4.11. The molecule has 4 rings (SSSR count). The molecule has 1 saturated heterocycles. The number of halogens is 3. The Hall–Kier alpha value is -3.45. The van der Waals surface area contributed by atoms with Gasteiger partial charge in [-0.05, 0) is 36.6 Å². The molecular formula is C26H22F3NO3. The zero-order chi connectivity index (χ0) is 23.5. The average molecular weight is 453 g/mol. The molecule has 7 heteroatoms. The van der Waals surface area contributed by atoms with Crippen LogP contribution in [-0.4, -0.2) is 24.9 Å². The number of rotatable bonds is 5. The summed E-state index contributed by atoms with van der Waals surface area (Å²) < 4.78 is 45.3. The molecule has 1 amide bonds. The molecule has 0 saturated carbocycles. The summed E-state index contributed by atoms with van der Waals surface area (Å²) >= 11 is 0. The number of ketones is 1. The van der Waals surface area contributed by atoms with Crippen molar-refractivity contribution in [2.45, 2.75) is 24.4 Å². The first-order chi connectivity index (χ1) is 15.8. The lowest BCUT2D eigenvalue weighted by atomic mass is 9.73. The fraction of sp³-hybridized carbons (Fsp3) is 0.231. The highest BCUT2D eigenvalue weighted by molar-refractivity contribution is 6.10. The maximum Gasteiger partial charge on any atom is 0.416 e. The average Bonchev–Trinajstić information content (AvgIpc) is 2.84. The van der Waals surface area contributed by atoms with Crippen LogP contribution in [0.25, 0.3) is 0 Å². The van der Waals surface area contributed by atoms with E-state index in [4.69, 9.17) is 4.74 Å². The first kappa shape index (κ1) is 22.7. The lowest BCUT2D eigenvalue weighted by Crippen LogP contribution is -2.45. The molecule has 0 bridgehead atoms. The van der Waals surface area contributed by atoms with Gasteiger partial charge in [-0.25, -0.2) is 0 Å². The standard InChI is InChI=1S/C26H22F3NO3/c27-26(28,29)21-10-5-9-20(17-21)25(12-14-33-15-13-25)24(32)30-22-11-4-8-19(16-22)23(31)18-6-2-1-3-7-18/h1-11,16-17H,12-15H2,(H,30,32). The molecule has 1 heterocycles. The third-order valence-corrected chi connectivity index (χ3v) is 5.94. The van der Waals surface area contributed by atoms with Crippen molar-refractivity contribution in [1.29, 1.82) is 0 Å². The Kier molecular flexibility index (Phi) is 6.33. The zero-order valence-corrected chi connectivity index (χ0v) is 17.7. The Morgan fingerprint density at radius 3 is 2.18 bits per heavy atom. The monoisotopic (exact) mass is 453 g/mol. The normalized spacial score (nSPS) is 15.6. The molecule has 0 aliphatic carbocycles. The van der Waals surface area contributed by atoms with E-state index >= 15 is 0 Å². The fourth-order valence-corrected chi connectivity index (χ4v) is 4.11. The van der Waals surface area contributed by atoms with Crippen molar-refractivity contribution >= 4 is 17.4 Å². The van der Waals surface area contributed by atoms with E-state index in [9.17, 15) is 22.8 Å². The maximum absolute atomic E-state index is 13.5. The first-order valence-corrected chi connectivity index (χ1v) is 10.6. The number of hydrogen-bond donors (Lipinski definition) is 1. The van der Waals surface area contributed by atoms with Crippen molar-refractivity contribution < 1.29 is 27.5 Å². The van der Waals surface area contributed by atoms with Crippen LogP contribution >= 0.6 is 0 Å². The summed E-state index contributed by atoms with van der Waals surface area (Å²) in [6.07, 6.45) is -4.00. The van der Waals surface area contributed by atoms with Crippen molar-refractivity contribution in [3.63, 3.8) is 0 Å². The van der Waals surface area contributed by atoms with Crippen molar-refractivity contribution in [2.24, 2.45) is 0 Å². The van der Waals surface area contributed by atoms with Gasteiger partial charge in [0.2, 0.25) is 5.91 Å². The van der Waals surface area contributed by atoms with E-state index in [0.717, 1.165) is 12.1 Å². The van der Waals surface area contributed by atoms with E-state index < -0.39 is 23.1 Å². The summed E-state index contributed by atoms with van der Waals surface area (Å²) in [6.45, 7) is 0.520. The predicted molar refractivity (Wildman–Crippen MR) is 118 cm³/mol. The highest BCUT2D eigenvalue weighted by Gasteiger charge is 2.43. The number of benzene rings is 3. The zero-order valence-electron chi connectivity index (χ0n) is 17.7. The Bertz CT molecular complexity index is 1150. The summed E-state index contributed by atoms with van der Waals surface area (Å²) in [5.41, 5.74) is -0.341. The second-order valence-corrected chi connectivity index (χ2v) is 8.00. The van der Waals surface area contributed by atoms with Crippen LogP contribution in [0.5, 0.6) is 0 Å². The van der Waals surface area contributed by atoms with Gasteiger partial charge in [-0.1, -0.05) is 60.7 Å².